The van der Waals surface area contributed by atoms with E-state index in [1.54, 1.807) is 22.9 Å². The number of aliphatic hydroxyl groups excluding tert-OH is 1. The summed E-state index contributed by atoms with van der Waals surface area (Å²) in [4.78, 5) is 33.7. The van der Waals surface area contributed by atoms with Gasteiger partial charge in [0.25, 0.3) is 5.56 Å². The molecule has 6 rings (SSSR count). The predicted octanol–water partition coefficient (Wildman–Crippen LogP) is 4.66. The molecule has 2 saturated carbocycles. The topological polar surface area (TPSA) is 123 Å². The number of hydrogen-bond donors (Lipinski definition) is 3. The highest BCUT2D eigenvalue weighted by atomic mass is 16.5. The number of pyridine rings is 2. The Morgan fingerprint density at radius 1 is 1.13 bits per heavy atom. The summed E-state index contributed by atoms with van der Waals surface area (Å²) in [5.74, 6) is 2.48. The Morgan fingerprint density at radius 2 is 1.95 bits per heavy atom. The van der Waals surface area contributed by atoms with Crippen LogP contribution in [0.3, 0.4) is 0 Å². The SMILES string of the molecule is CC(=O)Nc1cc(Oc2ccc3nc(Nc4cc(C5CC5)cn(C[C@@H]5CCC[C@H]5O)c4=O)n(C)c3c2)ccn1. The minimum Gasteiger partial charge on any atom is -0.457 e. The van der Waals surface area contributed by atoms with Crippen LogP contribution < -0.4 is 20.9 Å². The summed E-state index contributed by atoms with van der Waals surface area (Å²) < 4.78 is 9.69. The lowest BCUT2D eigenvalue weighted by atomic mass is 10.1. The summed E-state index contributed by atoms with van der Waals surface area (Å²) in [5, 5.41) is 16.3. The first-order valence-electron chi connectivity index (χ1n) is 13.4. The molecule has 3 aromatic heterocycles. The molecule has 3 N–H and O–H groups in total. The maximum absolute atomic E-state index is 13.5. The number of hydrogen-bond acceptors (Lipinski definition) is 7. The Hall–Kier alpha value is -4.18. The molecule has 202 valence electrons. The monoisotopic (exact) mass is 528 g/mol. The number of aryl methyl sites for hydroxylation is 1. The normalized spacial score (nSPS) is 18.8. The second-order valence-electron chi connectivity index (χ2n) is 10.6. The molecule has 2 aliphatic rings. The van der Waals surface area contributed by atoms with E-state index in [0.29, 0.717) is 41.4 Å². The molecule has 4 aromatic rings. The van der Waals surface area contributed by atoms with Crippen molar-refractivity contribution in [3.05, 3.63) is 64.7 Å². The summed E-state index contributed by atoms with van der Waals surface area (Å²) >= 11 is 0. The van der Waals surface area contributed by atoms with E-state index in [1.165, 1.54) is 6.92 Å². The van der Waals surface area contributed by atoms with Crippen LogP contribution in [0, 0.1) is 5.92 Å². The number of anilines is 3. The van der Waals surface area contributed by atoms with Crippen LogP contribution in [0.2, 0.25) is 0 Å². The number of amides is 1. The number of benzene rings is 1. The second-order valence-corrected chi connectivity index (χ2v) is 10.6. The molecule has 0 bridgehead atoms. The van der Waals surface area contributed by atoms with Gasteiger partial charge in [-0.05, 0) is 61.4 Å². The van der Waals surface area contributed by atoms with Crippen LogP contribution in [0.25, 0.3) is 11.0 Å². The van der Waals surface area contributed by atoms with Crippen LogP contribution in [0.15, 0.2) is 53.6 Å². The molecule has 10 nitrogen and oxygen atoms in total. The first kappa shape index (κ1) is 25.1. The Labute approximate surface area is 225 Å². The van der Waals surface area contributed by atoms with E-state index in [-0.39, 0.29) is 23.5 Å². The number of carbonyl (C=O) groups is 1. The molecule has 0 aliphatic heterocycles. The van der Waals surface area contributed by atoms with Gasteiger partial charge < -0.3 is 29.6 Å². The summed E-state index contributed by atoms with van der Waals surface area (Å²) in [6, 6.07) is 10.9. The Balaban J connectivity index is 1.27. The number of imidazole rings is 1. The molecular weight excluding hydrogens is 496 g/mol. The number of nitrogens with one attached hydrogen (secondary N) is 2. The highest BCUT2D eigenvalue weighted by Gasteiger charge is 2.29. The van der Waals surface area contributed by atoms with Crippen molar-refractivity contribution in [2.45, 2.75) is 57.6 Å². The van der Waals surface area contributed by atoms with Crippen molar-refractivity contribution >= 4 is 34.4 Å². The fourth-order valence-corrected chi connectivity index (χ4v) is 5.33. The molecule has 1 aromatic carbocycles. The zero-order chi connectivity index (χ0) is 27.1. The maximum Gasteiger partial charge on any atom is 0.274 e. The molecule has 3 heterocycles. The van der Waals surface area contributed by atoms with Gasteiger partial charge in [-0.15, -0.1) is 0 Å². The van der Waals surface area contributed by atoms with Crippen molar-refractivity contribution in [2.24, 2.45) is 13.0 Å². The molecule has 1 amide bonds. The third-order valence-corrected chi connectivity index (χ3v) is 7.58. The van der Waals surface area contributed by atoms with E-state index in [0.717, 1.165) is 48.7 Å². The first-order valence-corrected chi connectivity index (χ1v) is 13.4. The van der Waals surface area contributed by atoms with Crippen LogP contribution in [-0.4, -0.2) is 36.2 Å². The zero-order valence-corrected chi connectivity index (χ0v) is 22.1. The lowest BCUT2D eigenvalue weighted by Crippen LogP contribution is -2.29. The van der Waals surface area contributed by atoms with Crippen LogP contribution >= 0.6 is 0 Å². The van der Waals surface area contributed by atoms with Crippen LogP contribution in [-0.2, 0) is 18.4 Å². The van der Waals surface area contributed by atoms with Gasteiger partial charge in [0, 0.05) is 51.0 Å². The van der Waals surface area contributed by atoms with Crippen LogP contribution in [0.5, 0.6) is 11.5 Å². The van der Waals surface area contributed by atoms with E-state index in [9.17, 15) is 14.7 Å². The van der Waals surface area contributed by atoms with E-state index >= 15 is 0 Å². The minimum absolute atomic E-state index is 0.105. The average molecular weight is 529 g/mol. The molecule has 2 fully saturated rings. The van der Waals surface area contributed by atoms with E-state index < -0.39 is 0 Å². The van der Waals surface area contributed by atoms with Gasteiger partial charge in [-0.1, -0.05) is 6.42 Å². The second kappa shape index (κ2) is 10.2. The first-order chi connectivity index (χ1) is 18.8. The Morgan fingerprint density at radius 3 is 2.69 bits per heavy atom. The molecule has 2 aliphatic carbocycles. The third-order valence-electron chi connectivity index (χ3n) is 7.58. The number of aromatic nitrogens is 4. The van der Waals surface area contributed by atoms with Crippen LogP contribution in [0.4, 0.5) is 17.5 Å². The number of rotatable bonds is 8. The number of aliphatic hydroxyl groups is 1. The van der Waals surface area contributed by atoms with Gasteiger partial charge in [0.2, 0.25) is 11.9 Å². The number of fused-ring (bicyclic) bond motifs is 1. The van der Waals surface area contributed by atoms with Crippen molar-refractivity contribution in [2.75, 3.05) is 10.6 Å². The van der Waals surface area contributed by atoms with Crippen molar-refractivity contribution < 1.29 is 14.6 Å². The molecular formula is C29H32N6O4. The summed E-state index contributed by atoms with van der Waals surface area (Å²) in [5.41, 5.74) is 3.12. The van der Waals surface area contributed by atoms with Crippen molar-refractivity contribution in [3.8, 4) is 11.5 Å². The van der Waals surface area contributed by atoms with Crippen molar-refractivity contribution in [1.29, 1.82) is 0 Å². The lowest BCUT2D eigenvalue weighted by molar-refractivity contribution is -0.114. The third kappa shape index (κ3) is 5.37. The van der Waals surface area contributed by atoms with Crippen molar-refractivity contribution in [3.63, 3.8) is 0 Å². The largest absolute Gasteiger partial charge is 0.457 e. The van der Waals surface area contributed by atoms with E-state index in [1.807, 2.05) is 42.1 Å². The highest BCUT2D eigenvalue weighted by molar-refractivity contribution is 5.87. The van der Waals surface area contributed by atoms with E-state index in [2.05, 4.69) is 15.6 Å². The Kier molecular flexibility index (Phi) is 6.56. The smallest absolute Gasteiger partial charge is 0.274 e. The summed E-state index contributed by atoms with van der Waals surface area (Å²) in [7, 11) is 1.89. The molecule has 39 heavy (non-hydrogen) atoms. The van der Waals surface area contributed by atoms with Gasteiger partial charge in [0.15, 0.2) is 0 Å². The van der Waals surface area contributed by atoms with Gasteiger partial charge in [-0.2, -0.15) is 0 Å². The molecule has 0 unspecified atom stereocenters. The van der Waals surface area contributed by atoms with Gasteiger partial charge in [0.05, 0.1) is 17.1 Å². The summed E-state index contributed by atoms with van der Waals surface area (Å²) in [6.07, 6.45) is 8.19. The predicted molar refractivity (Wildman–Crippen MR) is 149 cm³/mol. The molecule has 2 atom stereocenters. The molecule has 0 radical (unpaired) electrons. The average Bonchev–Trinajstić information content (AvgIpc) is 3.61. The maximum atomic E-state index is 13.5. The Bertz CT molecular complexity index is 1610. The fourth-order valence-electron chi connectivity index (χ4n) is 5.33. The fraction of sp³-hybridized carbons (Fsp3) is 0.379. The summed E-state index contributed by atoms with van der Waals surface area (Å²) in [6.45, 7) is 1.95. The zero-order valence-electron chi connectivity index (χ0n) is 22.1. The van der Waals surface area contributed by atoms with Crippen molar-refractivity contribution in [1.82, 2.24) is 19.1 Å². The van der Waals surface area contributed by atoms with Gasteiger partial charge >= 0.3 is 0 Å². The molecule has 0 spiro atoms. The van der Waals surface area contributed by atoms with Crippen LogP contribution in [0.1, 0.15) is 50.5 Å². The van der Waals surface area contributed by atoms with Gasteiger partial charge in [-0.25, -0.2) is 9.97 Å². The number of nitrogens with zero attached hydrogens (tertiary/aromatic N) is 4. The molecule has 10 heteroatoms. The lowest BCUT2D eigenvalue weighted by Gasteiger charge is -2.18. The van der Waals surface area contributed by atoms with Gasteiger partial charge in [0.1, 0.15) is 23.0 Å². The number of carbonyl (C=O) groups excluding carboxylic acids is 1. The standard InChI is InChI=1S/C29H32N6O4/c1-17(36)31-27-14-22(10-11-30-27)39-21-8-9-23-25(13-21)34(2)29(32-23)33-24-12-20(18-6-7-18)16-35(28(24)38)15-19-4-3-5-26(19)37/h8-14,16,18-19,26,37H,3-7,15H2,1-2H3,(H,32,33)(H,30,31,36)/t19-,26+/m0/s1. The van der Waals surface area contributed by atoms with Gasteiger partial charge in [-0.3, -0.25) is 9.59 Å². The highest BCUT2D eigenvalue weighted by Crippen LogP contribution is 2.40. The minimum atomic E-state index is -0.349. The quantitative estimate of drug-likeness (QED) is 0.304. The molecule has 0 saturated heterocycles. The van der Waals surface area contributed by atoms with E-state index in [4.69, 9.17) is 9.72 Å². The number of ether oxygens (including phenoxy) is 1.